The molecule has 0 unspecified atom stereocenters. The second-order valence-corrected chi connectivity index (χ2v) is 5.36. The molecule has 0 spiro atoms. The van der Waals surface area contributed by atoms with Crippen LogP contribution in [-0.4, -0.2) is 21.3 Å². The van der Waals surface area contributed by atoms with E-state index >= 15 is 0 Å². The lowest BCUT2D eigenvalue weighted by Crippen LogP contribution is -1.97. The van der Waals surface area contributed by atoms with Crippen LogP contribution in [0.2, 0.25) is 0 Å². The molecule has 0 aliphatic heterocycles. The molecule has 0 aliphatic carbocycles. The van der Waals surface area contributed by atoms with E-state index in [0.29, 0.717) is 11.3 Å². The lowest BCUT2D eigenvalue weighted by atomic mass is 10.3. The maximum Gasteiger partial charge on any atom is 0.372 e. The van der Waals surface area contributed by atoms with Crippen molar-refractivity contribution >= 4 is 29.1 Å². The first-order valence-corrected chi connectivity index (χ1v) is 6.19. The van der Waals surface area contributed by atoms with Gasteiger partial charge in [-0.3, -0.25) is 0 Å². The number of aromatic nitrogens is 2. The number of rotatable bonds is 4. The summed E-state index contributed by atoms with van der Waals surface area (Å²) in [5, 5.41) is 17.5. The number of carbonyl (C=O) groups is 1. The van der Waals surface area contributed by atoms with E-state index in [0.717, 1.165) is 9.35 Å². The first kappa shape index (κ1) is 11.2. The summed E-state index contributed by atoms with van der Waals surface area (Å²) in [7, 11) is 0. The van der Waals surface area contributed by atoms with Crippen molar-refractivity contribution in [1.29, 1.82) is 0 Å². The predicted octanol–water partition coefficient (Wildman–Crippen LogP) is 2.43. The zero-order chi connectivity index (χ0) is 11.5. The van der Waals surface area contributed by atoms with Gasteiger partial charge in [0.05, 0.1) is 6.26 Å². The minimum absolute atomic E-state index is 0.00580. The van der Waals surface area contributed by atoms with Gasteiger partial charge in [-0.2, -0.15) is 0 Å². The molecule has 0 aromatic carbocycles. The molecular weight excluding hydrogens is 248 g/mol. The molecule has 0 aliphatic rings. The fourth-order valence-electron chi connectivity index (χ4n) is 1.11. The molecule has 84 valence electrons. The molecule has 0 bridgehead atoms. The third-order valence-electron chi connectivity index (χ3n) is 1.80. The van der Waals surface area contributed by atoms with Crippen LogP contribution >= 0.6 is 23.1 Å². The average Bonchev–Trinajstić information content (AvgIpc) is 2.83. The van der Waals surface area contributed by atoms with E-state index in [1.54, 1.807) is 6.07 Å². The van der Waals surface area contributed by atoms with Gasteiger partial charge < -0.3 is 9.52 Å². The summed E-state index contributed by atoms with van der Waals surface area (Å²) in [6.07, 6.45) is 1.38. The number of aryl methyl sites for hydroxylation is 1. The van der Waals surface area contributed by atoms with Crippen LogP contribution in [0.4, 0.5) is 0 Å². The molecule has 7 heteroatoms. The highest BCUT2D eigenvalue weighted by Crippen LogP contribution is 2.27. The molecule has 2 aromatic heterocycles. The van der Waals surface area contributed by atoms with Gasteiger partial charge in [0.25, 0.3) is 0 Å². The van der Waals surface area contributed by atoms with Gasteiger partial charge in [-0.05, 0) is 13.0 Å². The number of nitrogens with zero attached hydrogens (tertiary/aromatic N) is 2. The number of carboxylic acids is 1. The van der Waals surface area contributed by atoms with E-state index in [9.17, 15) is 4.79 Å². The van der Waals surface area contributed by atoms with Gasteiger partial charge in [0.1, 0.15) is 5.01 Å². The zero-order valence-electron chi connectivity index (χ0n) is 8.34. The highest BCUT2D eigenvalue weighted by molar-refractivity contribution is 8.00. The van der Waals surface area contributed by atoms with E-state index in [2.05, 4.69) is 10.2 Å². The standard InChI is InChI=1S/C9H8N2O3S2/c1-5-10-11-9(16-5)15-4-6-2-3-14-7(6)8(12)13/h2-3H,4H2,1H3,(H,12,13). The average molecular weight is 256 g/mol. The van der Waals surface area contributed by atoms with Crippen molar-refractivity contribution in [3.63, 3.8) is 0 Å². The van der Waals surface area contributed by atoms with Gasteiger partial charge in [0, 0.05) is 11.3 Å². The molecular formula is C9H8N2O3S2. The lowest BCUT2D eigenvalue weighted by Gasteiger charge is -1.95. The van der Waals surface area contributed by atoms with Crippen LogP contribution in [0.25, 0.3) is 0 Å². The molecule has 0 saturated carbocycles. The molecule has 2 rings (SSSR count). The van der Waals surface area contributed by atoms with Crippen molar-refractivity contribution in [1.82, 2.24) is 10.2 Å². The second kappa shape index (κ2) is 4.67. The first-order valence-electron chi connectivity index (χ1n) is 4.39. The minimum Gasteiger partial charge on any atom is -0.475 e. The summed E-state index contributed by atoms with van der Waals surface area (Å²) in [5.41, 5.74) is 0.658. The number of hydrogen-bond acceptors (Lipinski definition) is 6. The number of aromatic carboxylic acids is 1. The quantitative estimate of drug-likeness (QED) is 0.847. The Kier molecular flexibility index (Phi) is 3.25. The number of thioether (sulfide) groups is 1. The lowest BCUT2D eigenvalue weighted by molar-refractivity contribution is 0.0661. The van der Waals surface area contributed by atoms with Crippen LogP contribution < -0.4 is 0 Å². The Hall–Kier alpha value is -1.34. The van der Waals surface area contributed by atoms with Crippen molar-refractivity contribution in [3.05, 3.63) is 28.7 Å². The van der Waals surface area contributed by atoms with E-state index in [4.69, 9.17) is 9.52 Å². The van der Waals surface area contributed by atoms with E-state index in [1.807, 2.05) is 6.92 Å². The smallest absolute Gasteiger partial charge is 0.372 e. The molecule has 1 N–H and O–H groups in total. The van der Waals surface area contributed by atoms with Crippen LogP contribution in [0, 0.1) is 6.92 Å². The van der Waals surface area contributed by atoms with Gasteiger partial charge in [-0.25, -0.2) is 4.79 Å². The Morgan fingerprint density at radius 2 is 2.44 bits per heavy atom. The molecule has 2 aromatic rings. The summed E-state index contributed by atoms with van der Waals surface area (Å²) < 4.78 is 5.70. The Morgan fingerprint density at radius 1 is 1.62 bits per heavy atom. The monoisotopic (exact) mass is 256 g/mol. The molecule has 2 heterocycles. The van der Waals surface area contributed by atoms with Gasteiger partial charge >= 0.3 is 5.97 Å². The summed E-state index contributed by atoms with van der Waals surface area (Å²) in [5.74, 6) is -0.532. The molecule has 0 saturated heterocycles. The van der Waals surface area contributed by atoms with Crippen molar-refractivity contribution in [2.75, 3.05) is 0 Å². The molecule has 0 fully saturated rings. The molecule has 5 nitrogen and oxygen atoms in total. The van der Waals surface area contributed by atoms with Crippen LogP contribution in [-0.2, 0) is 5.75 Å². The van der Waals surface area contributed by atoms with Gasteiger partial charge in [-0.15, -0.1) is 10.2 Å². The van der Waals surface area contributed by atoms with Crippen molar-refractivity contribution < 1.29 is 14.3 Å². The first-order chi connectivity index (χ1) is 7.66. The molecule has 16 heavy (non-hydrogen) atoms. The third kappa shape index (κ3) is 2.42. The fourth-order valence-corrected chi connectivity index (χ4v) is 2.91. The Bertz CT molecular complexity index is 506. The summed E-state index contributed by atoms with van der Waals surface area (Å²) in [6, 6.07) is 1.66. The fraction of sp³-hybridized carbons (Fsp3) is 0.222. The number of carboxylic acid groups (broad SMARTS) is 1. The van der Waals surface area contributed by atoms with Gasteiger partial charge in [-0.1, -0.05) is 23.1 Å². The van der Waals surface area contributed by atoms with Crippen LogP contribution in [0.5, 0.6) is 0 Å². The topological polar surface area (TPSA) is 76.2 Å². The van der Waals surface area contributed by atoms with Crippen LogP contribution in [0.1, 0.15) is 21.1 Å². The van der Waals surface area contributed by atoms with Crippen molar-refractivity contribution in [2.24, 2.45) is 0 Å². The Labute approximate surface area is 99.5 Å². The Morgan fingerprint density at radius 3 is 3.06 bits per heavy atom. The second-order valence-electron chi connectivity index (χ2n) is 2.96. The van der Waals surface area contributed by atoms with Crippen LogP contribution in [0.15, 0.2) is 21.1 Å². The largest absolute Gasteiger partial charge is 0.475 e. The van der Waals surface area contributed by atoms with Gasteiger partial charge in [0.2, 0.25) is 5.76 Å². The molecule has 0 atom stereocenters. The SMILES string of the molecule is Cc1nnc(SCc2ccoc2C(=O)O)s1. The normalized spacial score (nSPS) is 10.6. The molecule has 0 radical (unpaired) electrons. The van der Waals surface area contributed by atoms with Gasteiger partial charge in [0.15, 0.2) is 4.34 Å². The van der Waals surface area contributed by atoms with E-state index in [-0.39, 0.29) is 5.76 Å². The minimum atomic E-state index is -1.05. The summed E-state index contributed by atoms with van der Waals surface area (Å²) >= 11 is 2.94. The maximum absolute atomic E-state index is 10.8. The van der Waals surface area contributed by atoms with E-state index in [1.165, 1.54) is 29.4 Å². The summed E-state index contributed by atoms with van der Waals surface area (Å²) in [6.45, 7) is 1.88. The highest BCUT2D eigenvalue weighted by atomic mass is 32.2. The van der Waals surface area contributed by atoms with E-state index < -0.39 is 5.97 Å². The van der Waals surface area contributed by atoms with Crippen molar-refractivity contribution in [2.45, 2.75) is 17.0 Å². The number of hydrogen-bond donors (Lipinski definition) is 1. The third-order valence-corrected chi connectivity index (χ3v) is 3.82. The van der Waals surface area contributed by atoms with Crippen LogP contribution in [0.3, 0.4) is 0 Å². The Balaban J connectivity index is 2.04. The number of furan rings is 1. The molecule has 0 amide bonds. The maximum atomic E-state index is 10.8. The zero-order valence-corrected chi connectivity index (χ0v) is 9.97. The van der Waals surface area contributed by atoms with Crippen molar-refractivity contribution in [3.8, 4) is 0 Å². The summed E-state index contributed by atoms with van der Waals surface area (Å²) in [4.78, 5) is 10.8. The predicted molar refractivity (Wildman–Crippen MR) is 59.9 cm³/mol. The highest BCUT2D eigenvalue weighted by Gasteiger charge is 2.14.